The van der Waals surface area contributed by atoms with Crippen molar-refractivity contribution < 1.29 is 9.18 Å². The summed E-state index contributed by atoms with van der Waals surface area (Å²) in [4.78, 5) is 23.0. The number of carbonyl (C=O) groups is 1. The molecule has 0 aliphatic carbocycles. The molecule has 1 unspecified atom stereocenters. The van der Waals surface area contributed by atoms with Crippen LogP contribution in [0, 0.1) is 12.7 Å². The van der Waals surface area contributed by atoms with E-state index in [1.165, 1.54) is 6.07 Å². The monoisotopic (exact) mass is 410 g/mol. The van der Waals surface area contributed by atoms with Gasteiger partial charge in [0.05, 0.1) is 16.8 Å². The van der Waals surface area contributed by atoms with Crippen LogP contribution < -0.4 is 0 Å². The van der Waals surface area contributed by atoms with Crippen LogP contribution in [0.15, 0.2) is 17.1 Å². The molecular formula is C21H32ClFN4O. The maximum Gasteiger partial charge on any atom is 0.215 e. The smallest absolute Gasteiger partial charge is 0.215 e. The maximum atomic E-state index is 14.1. The Bertz CT molecular complexity index is 697. The number of nitrogens with zero attached hydrogens (tertiary/aromatic N) is 4. The molecule has 1 aromatic rings. The first-order valence-electron chi connectivity index (χ1n) is 10.1. The SMILES string of the molecule is CCCC(C(=Nc1cc(F)c(Cl)cc1C)N(C=O)CC)N1CCCN(C)CC1. The molecule has 1 aliphatic heterocycles. The lowest BCUT2D eigenvalue weighted by atomic mass is 10.1. The van der Waals surface area contributed by atoms with Gasteiger partial charge in [0, 0.05) is 32.2 Å². The first kappa shape index (κ1) is 22.8. The minimum Gasteiger partial charge on any atom is -0.305 e. The Morgan fingerprint density at radius 2 is 2.07 bits per heavy atom. The van der Waals surface area contributed by atoms with Crippen LogP contribution in [-0.4, -0.2) is 72.8 Å². The van der Waals surface area contributed by atoms with Crippen molar-refractivity contribution in [1.82, 2.24) is 14.7 Å². The highest BCUT2D eigenvalue weighted by Crippen LogP contribution is 2.27. The van der Waals surface area contributed by atoms with Crippen molar-refractivity contribution in [2.75, 3.05) is 39.8 Å². The number of hydrogen-bond donors (Lipinski definition) is 0. The summed E-state index contributed by atoms with van der Waals surface area (Å²) in [6, 6.07) is 2.95. The lowest BCUT2D eigenvalue weighted by molar-refractivity contribution is -0.114. The highest BCUT2D eigenvalue weighted by atomic mass is 35.5. The molecule has 5 nitrogen and oxygen atoms in total. The van der Waals surface area contributed by atoms with Gasteiger partial charge in [0.15, 0.2) is 0 Å². The van der Waals surface area contributed by atoms with Gasteiger partial charge in [0.2, 0.25) is 6.41 Å². The zero-order valence-electron chi connectivity index (χ0n) is 17.4. The summed E-state index contributed by atoms with van der Waals surface area (Å²) in [5, 5.41) is 0.0846. The van der Waals surface area contributed by atoms with Crippen molar-refractivity contribution in [2.24, 2.45) is 4.99 Å². The van der Waals surface area contributed by atoms with Gasteiger partial charge >= 0.3 is 0 Å². The van der Waals surface area contributed by atoms with Crippen LogP contribution in [0.1, 0.15) is 38.7 Å². The summed E-state index contributed by atoms with van der Waals surface area (Å²) in [6.45, 7) is 10.4. The molecule has 1 saturated heterocycles. The number of amidine groups is 1. The Hall–Kier alpha value is -1.50. The summed E-state index contributed by atoms with van der Waals surface area (Å²) in [5.74, 6) is 0.191. The maximum absolute atomic E-state index is 14.1. The molecule has 0 spiro atoms. The molecule has 0 saturated carbocycles. The van der Waals surface area contributed by atoms with Crippen molar-refractivity contribution in [1.29, 1.82) is 0 Å². The topological polar surface area (TPSA) is 39.2 Å². The van der Waals surface area contributed by atoms with Crippen molar-refractivity contribution in [3.8, 4) is 0 Å². The van der Waals surface area contributed by atoms with Gasteiger partial charge in [-0.05, 0) is 51.9 Å². The number of benzene rings is 1. The lowest BCUT2D eigenvalue weighted by Crippen LogP contribution is -2.49. The second kappa shape index (κ2) is 10.9. The quantitative estimate of drug-likeness (QED) is 0.386. The van der Waals surface area contributed by atoms with Gasteiger partial charge in [-0.25, -0.2) is 9.38 Å². The molecule has 0 aromatic heterocycles. The zero-order chi connectivity index (χ0) is 20.7. The molecular weight excluding hydrogens is 379 g/mol. The molecule has 1 fully saturated rings. The van der Waals surface area contributed by atoms with Gasteiger partial charge in [0.1, 0.15) is 11.7 Å². The van der Waals surface area contributed by atoms with E-state index in [2.05, 4.69) is 23.8 Å². The average Bonchev–Trinajstić information content (AvgIpc) is 2.88. The third kappa shape index (κ3) is 5.75. The van der Waals surface area contributed by atoms with Crippen molar-refractivity contribution in [3.05, 3.63) is 28.5 Å². The van der Waals surface area contributed by atoms with Crippen LogP contribution in [-0.2, 0) is 4.79 Å². The third-order valence-electron chi connectivity index (χ3n) is 5.29. The zero-order valence-corrected chi connectivity index (χ0v) is 18.2. The van der Waals surface area contributed by atoms with E-state index in [0.29, 0.717) is 18.1 Å². The molecule has 156 valence electrons. The van der Waals surface area contributed by atoms with Gasteiger partial charge in [-0.1, -0.05) is 24.9 Å². The normalized spacial score (nSPS) is 18.0. The summed E-state index contributed by atoms with van der Waals surface area (Å²) >= 11 is 5.90. The fourth-order valence-electron chi connectivity index (χ4n) is 3.63. The Labute approximate surface area is 173 Å². The lowest BCUT2D eigenvalue weighted by Gasteiger charge is -2.34. The highest BCUT2D eigenvalue weighted by Gasteiger charge is 2.28. The summed E-state index contributed by atoms with van der Waals surface area (Å²) < 4.78 is 14.1. The Kier molecular flexibility index (Phi) is 8.86. The van der Waals surface area contributed by atoms with Crippen LogP contribution in [0.2, 0.25) is 5.02 Å². The molecule has 1 aromatic carbocycles. The van der Waals surface area contributed by atoms with Crippen LogP contribution in [0.3, 0.4) is 0 Å². The molecule has 0 N–H and O–H groups in total. The summed E-state index contributed by atoms with van der Waals surface area (Å²) in [7, 11) is 2.14. The molecule has 28 heavy (non-hydrogen) atoms. The fourth-order valence-corrected chi connectivity index (χ4v) is 3.85. The van der Waals surface area contributed by atoms with E-state index in [1.54, 1.807) is 11.0 Å². The minimum atomic E-state index is -0.497. The number of carbonyl (C=O) groups excluding carboxylic acids is 1. The number of aliphatic imine (C=N–C) groups is 1. The molecule has 1 aliphatic rings. The molecule has 0 radical (unpaired) electrons. The summed E-state index contributed by atoms with van der Waals surface area (Å²) in [6.07, 6.45) is 3.77. The largest absolute Gasteiger partial charge is 0.305 e. The van der Waals surface area contributed by atoms with Crippen LogP contribution in [0.5, 0.6) is 0 Å². The van der Waals surface area contributed by atoms with E-state index in [4.69, 9.17) is 16.6 Å². The second-order valence-electron chi connectivity index (χ2n) is 7.41. The molecule has 7 heteroatoms. The minimum absolute atomic E-state index is 0.0137. The fraction of sp³-hybridized carbons (Fsp3) is 0.619. The first-order chi connectivity index (χ1) is 13.4. The van der Waals surface area contributed by atoms with Crippen molar-refractivity contribution in [3.63, 3.8) is 0 Å². The van der Waals surface area contributed by atoms with E-state index < -0.39 is 5.82 Å². The number of amides is 1. The summed E-state index contributed by atoms with van der Waals surface area (Å²) in [5.41, 5.74) is 1.31. The predicted octanol–water partition coefficient (Wildman–Crippen LogP) is 4.10. The van der Waals surface area contributed by atoms with Gasteiger partial charge in [-0.3, -0.25) is 9.69 Å². The van der Waals surface area contributed by atoms with Crippen LogP contribution in [0.25, 0.3) is 0 Å². The van der Waals surface area contributed by atoms with Gasteiger partial charge in [-0.15, -0.1) is 0 Å². The van der Waals surface area contributed by atoms with Gasteiger partial charge in [-0.2, -0.15) is 0 Å². The van der Waals surface area contributed by atoms with E-state index in [9.17, 15) is 9.18 Å². The number of aryl methyl sites for hydroxylation is 1. The second-order valence-corrected chi connectivity index (χ2v) is 7.82. The van der Waals surface area contributed by atoms with Crippen molar-refractivity contribution >= 4 is 29.5 Å². The molecule has 1 heterocycles. The standard InChI is InChI=1S/C21H32ClFN4O/c1-5-8-20(27-10-7-9-25(4)11-12-27)21(26(6-2)15-28)24-19-14-18(23)17(22)13-16(19)3/h13-15,20H,5-12H2,1-4H3. The average molecular weight is 411 g/mol. The Morgan fingerprint density at radius 1 is 1.32 bits per heavy atom. The van der Waals surface area contributed by atoms with Gasteiger partial charge in [0.25, 0.3) is 0 Å². The Balaban J connectivity index is 2.49. The van der Waals surface area contributed by atoms with Crippen molar-refractivity contribution in [2.45, 2.75) is 46.1 Å². The number of halogens is 2. The third-order valence-corrected chi connectivity index (χ3v) is 5.58. The van der Waals surface area contributed by atoms with E-state index in [0.717, 1.165) is 57.4 Å². The first-order valence-corrected chi connectivity index (χ1v) is 10.5. The van der Waals surface area contributed by atoms with E-state index in [-0.39, 0.29) is 11.1 Å². The number of likely N-dealkylation sites (N-methyl/N-ethyl adjacent to an activating group) is 2. The Morgan fingerprint density at radius 3 is 2.71 bits per heavy atom. The number of rotatable bonds is 7. The van der Waals surface area contributed by atoms with Crippen LogP contribution >= 0.6 is 11.6 Å². The van der Waals surface area contributed by atoms with Crippen LogP contribution in [0.4, 0.5) is 10.1 Å². The molecule has 1 atom stereocenters. The molecule has 0 bridgehead atoms. The molecule has 2 rings (SSSR count). The highest BCUT2D eigenvalue weighted by molar-refractivity contribution is 6.30. The van der Waals surface area contributed by atoms with E-state index >= 15 is 0 Å². The molecule has 1 amide bonds. The predicted molar refractivity (Wildman–Crippen MR) is 114 cm³/mol. The number of hydrogen-bond acceptors (Lipinski definition) is 4. The van der Waals surface area contributed by atoms with E-state index in [1.807, 2.05) is 13.8 Å². The van der Waals surface area contributed by atoms with Gasteiger partial charge < -0.3 is 9.80 Å².